The minimum absolute atomic E-state index is 0.0606. The van der Waals surface area contributed by atoms with E-state index in [1.807, 2.05) is 0 Å². The Hall–Kier alpha value is -2.30. The van der Waals surface area contributed by atoms with E-state index in [4.69, 9.17) is 4.42 Å². The van der Waals surface area contributed by atoms with Crippen molar-refractivity contribution in [3.8, 4) is 34.3 Å². The van der Waals surface area contributed by atoms with Crippen LogP contribution in [0.2, 0.25) is 0 Å². The van der Waals surface area contributed by atoms with E-state index in [0.29, 0.717) is 5.76 Å². The Morgan fingerprint density at radius 1 is 0.741 bits per heavy atom. The summed E-state index contributed by atoms with van der Waals surface area (Å²) in [6.07, 6.45) is 13.3. The molecular weight excluding hydrogens is 344 g/mol. The highest BCUT2D eigenvalue weighted by atomic mass is 16.4. The highest BCUT2D eigenvalue weighted by Crippen LogP contribution is 2.40. The molecule has 0 spiro atoms. The number of phenolic OH excluding ortho intramolecular Hbond substituents is 2. The molecule has 0 saturated carbocycles. The summed E-state index contributed by atoms with van der Waals surface area (Å²) in [7, 11) is 0. The number of hydrogen-bond acceptors (Lipinski definition) is 5. The number of furan rings is 1. The van der Waals surface area contributed by atoms with Crippen LogP contribution in [0, 0.1) is 0 Å². The first-order valence-corrected chi connectivity index (χ1v) is 10.1. The van der Waals surface area contributed by atoms with Crippen LogP contribution in [0.25, 0.3) is 11.3 Å². The van der Waals surface area contributed by atoms with Crippen LogP contribution in [0.1, 0.15) is 76.9 Å². The zero-order valence-corrected chi connectivity index (χ0v) is 16.2. The van der Waals surface area contributed by atoms with Crippen molar-refractivity contribution in [2.75, 3.05) is 0 Å². The summed E-state index contributed by atoms with van der Waals surface area (Å²) in [6.45, 7) is 2.23. The van der Waals surface area contributed by atoms with Gasteiger partial charge in [-0.2, -0.15) is 0 Å². The first-order chi connectivity index (χ1) is 13.0. The van der Waals surface area contributed by atoms with Crippen molar-refractivity contribution in [3.05, 3.63) is 24.0 Å². The van der Waals surface area contributed by atoms with E-state index in [2.05, 4.69) is 6.92 Å². The third-order valence-electron chi connectivity index (χ3n) is 4.85. The Balaban J connectivity index is 1.74. The average molecular weight is 375 g/mol. The zero-order valence-electron chi connectivity index (χ0n) is 16.2. The van der Waals surface area contributed by atoms with Crippen molar-refractivity contribution in [3.63, 3.8) is 0 Å². The number of benzene rings is 1. The van der Waals surface area contributed by atoms with Crippen molar-refractivity contribution >= 4 is 0 Å². The number of rotatable bonds is 12. The topological polar surface area (TPSA) is 96.9 Å². The van der Waals surface area contributed by atoms with Crippen LogP contribution < -0.4 is 5.11 Å². The Bertz CT molecular complexity index is 682. The van der Waals surface area contributed by atoms with Crippen LogP contribution in [0.5, 0.6) is 23.0 Å². The molecule has 1 heterocycles. The van der Waals surface area contributed by atoms with Gasteiger partial charge < -0.3 is 24.8 Å². The first kappa shape index (κ1) is 21.0. The maximum atomic E-state index is 11.4. The zero-order chi connectivity index (χ0) is 19.6. The predicted octanol–water partition coefficient (Wildman–Crippen LogP) is 5.60. The van der Waals surface area contributed by atoms with E-state index in [1.165, 1.54) is 63.5 Å². The summed E-state index contributed by atoms with van der Waals surface area (Å²) < 4.78 is 5.66. The summed E-state index contributed by atoms with van der Waals surface area (Å²) in [5, 5.41) is 40.5. The van der Waals surface area contributed by atoms with Gasteiger partial charge in [0.2, 0.25) is 0 Å². The molecule has 2 rings (SSSR count). The summed E-state index contributed by atoms with van der Waals surface area (Å²) in [5.74, 6) is -1.23. The monoisotopic (exact) mass is 375 g/mol. The lowest BCUT2D eigenvalue weighted by molar-refractivity contribution is -0.272. The van der Waals surface area contributed by atoms with E-state index < -0.39 is 17.2 Å². The molecule has 0 fully saturated rings. The largest absolute Gasteiger partial charge is 0.867 e. The van der Waals surface area contributed by atoms with E-state index >= 15 is 0 Å². The van der Waals surface area contributed by atoms with Crippen LogP contribution in [0.15, 0.2) is 22.6 Å². The molecule has 0 unspecified atom stereocenters. The minimum Gasteiger partial charge on any atom is -0.867 e. The van der Waals surface area contributed by atoms with Crippen molar-refractivity contribution in [2.45, 2.75) is 77.6 Å². The predicted molar refractivity (Wildman–Crippen MR) is 104 cm³/mol. The minimum atomic E-state index is -0.838. The number of hydrogen-bond donors (Lipinski definition) is 3. The number of aromatic hydroxyl groups is 3. The summed E-state index contributed by atoms with van der Waals surface area (Å²) in [5.41, 5.74) is 0.274. The molecule has 150 valence electrons. The first-order valence-electron chi connectivity index (χ1n) is 10.1. The van der Waals surface area contributed by atoms with Crippen molar-refractivity contribution in [1.29, 1.82) is 0 Å². The number of unbranched alkanes of at least 4 members (excludes halogenated alkanes) is 9. The Morgan fingerprint density at radius 3 is 1.81 bits per heavy atom. The lowest BCUT2D eigenvalue weighted by Gasteiger charge is -2.12. The van der Waals surface area contributed by atoms with Gasteiger partial charge in [0.25, 0.3) is 0 Å². The molecule has 1 aromatic heterocycles. The number of phenols is 2. The molecule has 0 saturated heterocycles. The molecule has 3 N–H and O–H groups in total. The SMILES string of the molecule is CCCCCCCCCCCCc1cc(O)c(-c2cc(O)c([O-])c(O)c2)o1. The van der Waals surface area contributed by atoms with Crippen LogP contribution in [0.3, 0.4) is 0 Å². The van der Waals surface area contributed by atoms with Crippen LogP contribution in [-0.2, 0) is 6.42 Å². The van der Waals surface area contributed by atoms with E-state index in [9.17, 15) is 20.4 Å². The molecule has 0 bridgehead atoms. The van der Waals surface area contributed by atoms with Crippen LogP contribution in [0.4, 0.5) is 0 Å². The Labute approximate surface area is 161 Å². The Morgan fingerprint density at radius 2 is 1.26 bits per heavy atom. The summed E-state index contributed by atoms with van der Waals surface area (Å²) in [6, 6.07) is 3.93. The van der Waals surface area contributed by atoms with Crippen LogP contribution in [-0.4, -0.2) is 15.3 Å². The summed E-state index contributed by atoms with van der Waals surface area (Å²) >= 11 is 0. The third kappa shape index (κ3) is 6.42. The molecule has 0 aliphatic rings. The van der Waals surface area contributed by atoms with Gasteiger partial charge in [-0.05, 0) is 24.3 Å². The molecule has 1 aromatic carbocycles. The molecule has 0 amide bonds. The standard InChI is InChI=1S/C22H32O5/c1-2-3-4-5-6-7-8-9-10-11-12-17-15-20(25)22(27-17)16-13-18(23)21(26)19(24)14-16/h13-15,23-26H,2-12H2,1H3/p-1. The smallest absolute Gasteiger partial charge is 0.176 e. The van der Waals surface area contributed by atoms with Crippen molar-refractivity contribution in [2.24, 2.45) is 0 Å². The second-order valence-corrected chi connectivity index (χ2v) is 7.20. The molecule has 5 nitrogen and oxygen atoms in total. The average Bonchev–Trinajstić information content (AvgIpc) is 3.01. The lowest BCUT2D eigenvalue weighted by Crippen LogP contribution is -1.91. The van der Waals surface area contributed by atoms with Gasteiger partial charge in [-0.1, -0.05) is 64.7 Å². The van der Waals surface area contributed by atoms with Gasteiger partial charge >= 0.3 is 0 Å². The normalized spacial score (nSPS) is 11.1. The summed E-state index contributed by atoms with van der Waals surface area (Å²) in [4.78, 5) is 0. The molecule has 27 heavy (non-hydrogen) atoms. The fourth-order valence-electron chi connectivity index (χ4n) is 3.28. The highest BCUT2D eigenvalue weighted by Gasteiger charge is 2.14. The van der Waals surface area contributed by atoms with Crippen LogP contribution >= 0.6 is 0 Å². The van der Waals surface area contributed by atoms with E-state index in [1.54, 1.807) is 6.07 Å². The van der Waals surface area contributed by atoms with Gasteiger partial charge in [0.15, 0.2) is 11.5 Å². The molecule has 5 heteroatoms. The highest BCUT2D eigenvalue weighted by molar-refractivity contribution is 5.70. The Kier molecular flexibility index (Phi) is 8.37. The fourth-order valence-corrected chi connectivity index (χ4v) is 3.28. The maximum Gasteiger partial charge on any atom is 0.176 e. The quantitative estimate of drug-likeness (QED) is 0.420. The van der Waals surface area contributed by atoms with Gasteiger partial charge in [-0.25, -0.2) is 0 Å². The molecule has 0 aliphatic heterocycles. The van der Waals surface area contributed by atoms with Gasteiger partial charge in [0.05, 0.1) is 0 Å². The van der Waals surface area contributed by atoms with Gasteiger partial charge in [0, 0.05) is 18.1 Å². The molecule has 0 radical (unpaired) electrons. The molecular formula is C22H31O5-. The van der Waals surface area contributed by atoms with Crippen molar-refractivity contribution < 1.29 is 24.8 Å². The second kappa shape index (κ2) is 10.8. The third-order valence-corrected chi connectivity index (χ3v) is 4.85. The molecule has 0 atom stereocenters. The van der Waals surface area contributed by atoms with E-state index in [0.717, 1.165) is 19.3 Å². The van der Waals surface area contributed by atoms with E-state index in [-0.39, 0.29) is 17.1 Å². The fraction of sp³-hybridized carbons (Fsp3) is 0.545. The van der Waals surface area contributed by atoms with Crippen molar-refractivity contribution in [1.82, 2.24) is 0 Å². The van der Waals surface area contributed by atoms with Gasteiger partial charge in [0.1, 0.15) is 17.3 Å². The molecule has 2 aromatic rings. The molecule has 0 aliphatic carbocycles. The number of aryl methyl sites for hydroxylation is 1. The van der Waals surface area contributed by atoms with Gasteiger partial charge in [-0.3, -0.25) is 0 Å². The van der Waals surface area contributed by atoms with Gasteiger partial charge in [-0.15, -0.1) is 0 Å². The second-order valence-electron chi connectivity index (χ2n) is 7.20. The lowest BCUT2D eigenvalue weighted by atomic mass is 10.1. The maximum absolute atomic E-state index is 11.4.